The van der Waals surface area contributed by atoms with Gasteiger partial charge in [0.25, 0.3) is 0 Å². The third kappa shape index (κ3) is 2.40. The second-order valence-electron chi connectivity index (χ2n) is 5.07. The van der Waals surface area contributed by atoms with Gasteiger partial charge in [-0.25, -0.2) is 9.78 Å². The van der Waals surface area contributed by atoms with Crippen molar-refractivity contribution in [3.8, 4) is 11.5 Å². The highest BCUT2D eigenvalue weighted by Gasteiger charge is 2.13. The molecule has 6 nitrogen and oxygen atoms in total. The minimum atomic E-state index is -0.992. The van der Waals surface area contributed by atoms with Crippen LogP contribution in [-0.4, -0.2) is 27.8 Å². The molecule has 4 rings (SSSR count). The molecule has 6 heteroatoms. The van der Waals surface area contributed by atoms with Crippen LogP contribution in [0.1, 0.15) is 21.7 Å². The summed E-state index contributed by atoms with van der Waals surface area (Å²) in [5.74, 6) is 1.04. The van der Waals surface area contributed by atoms with E-state index in [1.807, 2.05) is 24.3 Å². The second-order valence-corrected chi connectivity index (χ2v) is 5.07. The topological polar surface area (TPSA) is 84.4 Å². The summed E-state index contributed by atoms with van der Waals surface area (Å²) < 4.78 is 10.6. The molecule has 0 saturated heterocycles. The molecule has 1 aliphatic rings. The lowest BCUT2D eigenvalue weighted by Gasteiger charge is -1.97. The monoisotopic (exact) mass is 308 g/mol. The molecule has 0 fully saturated rings. The van der Waals surface area contributed by atoms with Gasteiger partial charge in [-0.2, -0.15) is 0 Å². The number of hydrogen-bond acceptors (Lipinski definition) is 4. The predicted octanol–water partition coefficient (Wildman–Crippen LogP) is 3.16. The number of H-pyrrole nitrogens is 1. The number of para-hydroxylation sites is 1. The van der Waals surface area contributed by atoms with Crippen LogP contribution in [0.25, 0.3) is 23.2 Å². The van der Waals surface area contributed by atoms with Gasteiger partial charge in [-0.1, -0.05) is 18.2 Å². The molecule has 114 valence electrons. The van der Waals surface area contributed by atoms with Crippen LogP contribution < -0.4 is 9.47 Å². The summed E-state index contributed by atoms with van der Waals surface area (Å²) in [5.41, 5.74) is 2.26. The van der Waals surface area contributed by atoms with E-state index >= 15 is 0 Å². The number of rotatable bonds is 3. The van der Waals surface area contributed by atoms with Gasteiger partial charge >= 0.3 is 5.97 Å². The molecule has 0 amide bonds. The largest absolute Gasteiger partial charge is 0.478 e. The van der Waals surface area contributed by atoms with Crippen molar-refractivity contribution in [2.24, 2.45) is 0 Å². The first-order valence-electron chi connectivity index (χ1n) is 7.00. The van der Waals surface area contributed by atoms with Crippen molar-refractivity contribution in [2.45, 2.75) is 0 Å². The molecule has 0 aliphatic carbocycles. The van der Waals surface area contributed by atoms with Crippen molar-refractivity contribution in [1.29, 1.82) is 0 Å². The molecule has 0 unspecified atom stereocenters. The molecule has 2 aromatic carbocycles. The van der Waals surface area contributed by atoms with Crippen LogP contribution >= 0.6 is 0 Å². The van der Waals surface area contributed by atoms with Crippen LogP contribution in [-0.2, 0) is 0 Å². The first kappa shape index (κ1) is 13.4. The highest BCUT2D eigenvalue weighted by atomic mass is 16.7. The minimum absolute atomic E-state index is 0.182. The summed E-state index contributed by atoms with van der Waals surface area (Å²) in [6.07, 6.45) is 3.67. The Bertz CT molecular complexity index is 943. The van der Waals surface area contributed by atoms with Crippen LogP contribution in [0.2, 0.25) is 0 Å². The van der Waals surface area contributed by atoms with E-state index in [0.717, 1.165) is 11.3 Å². The highest BCUT2D eigenvalue weighted by Crippen LogP contribution is 2.33. The molecule has 0 saturated carbocycles. The lowest BCUT2D eigenvalue weighted by Crippen LogP contribution is -1.96. The van der Waals surface area contributed by atoms with Gasteiger partial charge in [-0.15, -0.1) is 0 Å². The molecule has 1 aliphatic heterocycles. The number of carboxylic acid groups (broad SMARTS) is 1. The lowest BCUT2D eigenvalue weighted by atomic mass is 10.2. The molecule has 1 aromatic heterocycles. The number of fused-ring (bicyclic) bond motifs is 2. The van der Waals surface area contributed by atoms with Crippen molar-refractivity contribution in [2.75, 3.05) is 6.79 Å². The van der Waals surface area contributed by atoms with Crippen molar-refractivity contribution < 1.29 is 19.4 Å². The maximum atomic E-state index is 11.2. The quantitative estimate of drug-likeness (QED) is 0.776. The average molecular weight is 308 g/mol. The first-order valence-corrected chi connectivity index (χ1v) is 7.00. The van der Waals surface area contributed by atoms with E-state index < -0.39 is 5.97 Å². The molecular formula is C17H12N2O4. The van der Waals surface area contributed by atoms with E-state index in [4.69, 9.17) is 9.47 Å². The lowest BCUT2D eigenvalue weighted by molar-refractivity contribution is 0.0699. The molecule has 2 heterocycles. The summed E-state index contributed by atoms with van der Waals surface area (Å²) in [5, 5.41) is 9.19. The van der Waals surface area contributed by atoms with Crippen LogP contribution in [0.4, 0.5) is 0 Å². The number of imidazole rings is 1. The number of aromatic nitrogens is 2. The fraction of sp³-hybridized carbons (Fsp3) is 0.0588. The SMILES string of the molecule is O=C(O)c1cccc2[nH]c(C=Cc3ccc4c(c3)OCO4)nc12. The Hall–Kier alpha value is -3.28. The number of nitrogens with zero attached hydrogens (tertiary/aromatic N) is 1. The van der Waals surface area contributed by atoms with Crippen LogP contribution in [0.5, 0.6) is 11.5 Å². The Kier molecular flexibility index (Phi) is 3.01. The number of aromatic carboxylic acids is 1. The predicted molar refractivity (Wildman–Crippen MR) is 84.5 cm³/mol. The number of carboxylic acids is 1. The Labute approximate surface area is 131 Å². The summed E-state index contributed by atoms with van der Waals surface area (Å²) in [4.78, 5) is 18.7. The fourth-order valence-electron chi connectivity index (χ4n) is 2.49. The van der Waals surface area contributed by atoms with Gasteiger partial charge in [0.2, 0.25) is 6.79 Å². The second kappa shape index (κ2) is 5.17. The van der Waals surface area contributed by atoms with Crippen LogP contribution in [0, 0.1) is 0 Å². The zero-order valence-corrected chi connectivity index (χ0v) is 11.9. The molecule has 2 N–H and O–H groups in total. The summed E-state index contributed by atoms with van der Waals surface area (Å²) in [6, 6.07) is 10.7. The molecule has 23 heavy (non-hydrogen) atoms. The number of hydrogen-bond donors (Lipinski definition) is 2. The van der Waals surface area contributed by atoms with E-state index in [2.05, 4.69) is 9.97 Å². The van der Waals surface area contributed by atoms with E-state index in [0.29, 0.717) is 22.6 Å². The maximum Gasteiger partial charge on any atom is 0.337 e. The fourth-order valence-corrected chi connectivity index (χ4v) is 2.49. The number of carbonyl (C=O) groups is 1. The van der Waals surface area contributed by atoms with Crippen molar-refractivity contribution in [3.05, 3.63) is 53.3 Å². The van der Waals surface area contributed by atoms with Crippen LogP contribution in [0.3, 0.4) is 0 Å². The Balaban J connectivity index is 1.67. The maximum absolute atomic E-state index is 11.2. The van der Waals surface area contributed by atoms with Crippen molar-refractivity contribution in [3.63, 3.8) is 0 Å². The normalized spacial score (nSPS) is 13.0. The Morgan fingerprint density at radius 3 is 2.91 bits per heavy atom. The van der Waals surface area contributed by atoms with Crippen LogP contribution in [0.15, 0.2) is 36.4 Å². The standard InChI is InChI=1S/C17H12N2O4/c20-17(21)11-2-1-3-12-16(11)19-15(18-12)7-5-10-4-6-13-14(8-10)23-9-22-13/h1-8H,9H2,(H,18,19)(H,20,21). The Morgan fingerprint density at radius 1 is 1.17 bits per heavy atom. The van der Waals surface area contributed by atoms with E-state index in [9.17, 15) is 9.90 Å². The summed E-state index contributed by atoms with van der Waals surface area (Å²) in [6.45, 7) is 0.240. The van der Waals surface area contributed by atoms with Gasteiger partial charge in [0, 0.05) is 0 Å². The van der Waals surface area contributed by atoms with Crippen molar-refractivity contribution in [1.82, 2.24) is 9.97 Å². The minimum Gasteiger partial charge on any atom is -0.478 e. The number of benzene rings is 2. The van der Waals surface area contributed by atoms with Gasteiger partial charge in [0.1, 0.15) is 11.3 Å². The smallest absolute Gasteiger partial charge is 0.337 e. The van der Waals surface area contributed by atoms with E-state index in [-0.39, 0.29) is 12.4 Å². The van der Waals surface area contributed by atoms with Gasteiger partial charge < -0.3 is 19.6 Å². The average Bonchev–Trinajstić information content (AvgIpc) is 3.17. The van der Waals surface area contributed by atoms with Crippen molar-refractivity contribution >= 4 is 29.2 Å². The third-order valence-corrected chi connectivity index (χ3v) is 3.59. The number of aromatic amines is 1. The number of ether oxygens (including phenoxy) is 2. The molecule has 0 bridgehead atoms. The molecule has 0 atom stereocenters. The zero-order valence-electron chi connectivity index (χ0n) is 11.9. The number of nitrogens with one attached hydrogen (secondary N) is 1. The molecule has 0 spiro atoms. The van der Waals surface area contributed by atoms with Gasteiger partial charge in [-0.05, 0) is 35.9 Å². The van der Waals surface area contributed by atoms with E-state index in [1.165, 1.54) is 6.07 Å². The van der Waals surface area contributed by atoms with Gasteiger partial charge in [0.05, 0.1) is 11.1 Å². The summed E-state index contributed by atoms with van der Waals surface area (Å²) >= 11 is 0. The Morgan fingerprint density at radius 2 is 2.04 bits per heavy atom. The molecular weight excluding hydrogens is 296 g/mol. The van der Waals surface area contributed by atoms with Gasteiger partial charge in [-0.3, -0.25) is 0 Å². The molecule has 0 radical (unpaired) electrons. The van der Waals surface area contributed by atoms with E-state index in [1.54, 1.807) is 18.2 Å². The highest BCUT2D eigenvalue weighted by molar-refractivity contribution is 6.01. The zero-order chi connectivity index (χ0) is 15.8. The van der Waals surface area contributed by atoms with Gasteiger partial charge in [0.15, 0.2) is 11.5 Å². The third-order valence-electron chi connectivity index (χ3n) is 3.59. The molecule has 3 aromatic rings. The first-order chi connectivity index (χ1) is 11.2. The summed E-state index contributed by atoms with van der Waals surface area (Å²) in [7, 11) is 0.